The second-order valence-electron chi connectivity index (χ2n) is 4.51. The topological polar surface area (TPSA) is 114 Å². The Balaban J connectivity index is 2.04. The number of fused-ring (bicyclic) bond motifs is 1. The Hall–Kier alpha value is -1.61. The van der Waals surface area contributed by atoms with Crippen LogP contribution >= 0.6 is 0 Å². The smallest absolute Gasteiger partial charge is 0.165 e. The van der Waals surface area contributed by atoms with Crippen molar-refractivity contribution in [1.29, 1.82) is 0 Å². The Morgan fingerprint density at radius 3 is 2.74 bits per heavy atom. The van der Waals surface area contributed by atoms with Gasteiger partial charge in [0, 0.05) is 0 Å². The Morgan fingerprint density at radius 1 is 1.26 bits per heavy atom. The molecular formula is C11H14N4O4. The van der Waals surface area contributed by atoms with Gasteiger partial charge in [-0.05, 0) is 6.92 Å². The molecule has 8 heteroatoms. The lowest BCUT2D eigenvalue weighted by Crippen LogP contribution is -2.33. The van der Waals surface area contributed by atoms with E-state index in [1.54, 1.807) is 6.92 Å². The summed E-state index contributed by atoms with van der Waals surface area (Å²) in [6.45, 7) is 1.44. The third kappa shape index (κ3) is 1.80. The maximum atomic E-state index is 9.98. The number of hydrogen-bond donors (Lipinski definition) is 3. The van der Waals surface area contributed by atoms with Crippen LogP contribution in [0.15, 0.2) is 12.7 Å². The molecule has 3 heterocycles. The quantitative estimate of drug-likeness (QED) is 0.622. The van der Waals surface area contributed by atoms with E-state index in [0.29, 0.717) is 11.2 Å². The van der Waals surface area contributed by atoms with Gasteiger partial charge < -0.3 is 20.1 Å². The van der Waals surface area contributed by atoms with Crippen LogP contribution in [-0.2, 0) is 4.74 Å². The van der Waals surface area contributed by atoms with Crippen molar-refractivity contribution in [2.75, 3.05) is 6.61 Å². The van der Waals surface area contributed by atoms with Crippen LogP contribution < -0.4 is 0 Å². The van der Waals surface area contributed by atoms with Gasteiger partial charge in [-0.15, -0.1) is 0 Å². The van der Waals surface area contributed by atoms with Crippen molar-refractivity contribution >= 4 is 11.2 Å². The Bertz CT molecular complexity index is 601. The lowest BCUT2D eigenvalue weighted by molar-refractivity contribution is -0.0511. The zero-order valence-electron chi connectivity index (χ0n) is 10.2. The fourth-order valence-corrected chi connectivity index (χ4v) is 2.27. The monoisotopic (exact) mass is 266 g/mol. The number of nitrogens with zero attached hydrogens (tertiary/aromatic N) is 4. The average Bonchev–Trinajstić information content (AvgIpc) is 2.94. The first-order valence-corrected chi connectivity index (χ1v) is 5.90. The zero-order valence-corrected chi connectivity index (χ0v) is 10.2. The first kappa shape index (κ1) is 12.4. The van der Waals surface area contributed by atoms with Gasteiger partial charge in [0.05, 0.1) is 18.6 Å². The van der Waals surface area contributed by atoms with E-state index in [0.717, 1.165) is 5.69 Å². The van der Waals surface area contributed by atoms with Crippen LogP contribution in [-0.4, -0.2) is 59.8 Å². The molecule has 8 nitrogen and oxygen atoms in total. The molecule has 4 atom stereocenters. The van der Waals surface area contributed by atoms with Crippen molar-refractivity contribution in [1.82, 2.24) is 19.5 Å². The van der Waals surface area contributed by atoms with Crippen molar-refractivity contribution in [3.8, 4) is 0 Å². The van der Waals surface area contributed by atoms with E-state index in [9.17, 15) is 10.2 Å². The normalized spacial score (nSPS) is 31.2. The molecule has 0 amide bonds. The van der Waals surface area contributed by atoms with Crippen LogP contribution in [0.4, 0.5) is 0 Å². The molecule has 0 saturated carbocycles. The molecule has 0 bridgehead atoms. The summed E-state index contributed by atoms with van der Waals surface area (Å²) >= 11 is 0. The van der Waals surface area contributed by atoms with E-state index >= 15 is 0 Å². The standard InChI is InChI=1S/C11H14N4O4/c1-5-7-10(13-3-12-5)15(4-14-7)11-9(18)8(17)6(2-16)19-11/h3-4,6,8-9,11,16-18H,2H2,1H3/t6-,8-,9-,11+/m0/s1. The van der Waals surface area contributed by atoms with Crippen LogP contribution in [0.2, 0.25) is 0 Å². The minimum absolute atomic E-state index is 0.366. The predicted octanol–water partition coefficient (Wildman–Crippen LogP) is -1.25. The van der Waals surface area contributed by atoms with Gasteiger partial charge in [0.2, 0.25) is 0 Å². The lowest BCUT2D eigenvalue weighted by Gasteiger charge is -2.16. The van der Waals surface area contributed by atoms with E-state index < -0.39 is 24.5 Å². The number of ether oxygens (including phenoxy) is 1. The number of aromatic nitrogens is 4. The van der Waals surface area contributed by atoms with E-state index in [1.165, 1.54) is 17.2 Å². The van der Waals surface area contributed by atoms with Crippen molar-refractivity contribution in [2.24, 2.45) is 0 Å². The molecule has 2 aromatic rings. The number of imidazole rings is 1. The summed E-state index contributed by atoms with van der Waals surface area (Å²) in [6, 6.07) is 0. The van der Waals surface area contributed by atoms with Crippen LogP contribution in [0.25, 0.3) is 11.2 Å². The fourth-order valence-electron chi connectivity index (χ4n) is 2.27. The van der Waals surface area contributed by atoms with Crippen molar-refractivity contribution in [3.05, 3.63) is 18.3 Å². The third-order valence-corrected chi connectivity index (χ3v) is 3.33. The minimum atomic E-state index is -1.15. The van der Waals surface area contributed by atoms with E-state index in [2.05, 4.69) is 15.0 Å². The summed E-state index contributed by atoms with van der Waals surface area (Å²) in [5.41, 5.74) is 1.85. The molecule has 0 unspecified atom stereocenters. The second-order valence-corrected chi connectivity index (χ2v) is 4.51. The molecule has 3 rings (SSSR count). The first-order chi connectivity index (χ1) is 9.13. The number of rotatable bonds is 2. The van der Waals surface area contributed by atoms with Crippen molar-refractivity contribution in [3.63, 3.8) is 0 Å². The minimum Gasteiger partial charge on any atom is -0.394 e. The maximum absolute atomic E-state index is 9.98. The zero-order chi connectivity index (χ0) is 13.6. The van der Waals surface area contributed by atoms with Gasteiger partial charge in [-0.25, -0.2) is 15.0 Å². The molecule has 1 saturated heterocycles. The molecule has 0 aliphatic carbocycles. The summed E-state index contributed by atoms with van der Waals surface area (Å²) in [6.07, 6.45) is -1.06. The summed E-state index contributed by atoms with van der Waals surface area (Å²) < 4.78 is 6.98. The van der Waals surface area contributed by atoms with Crippen molar-refractivity contribution < 1.29 is 20.1 Å². The van der Waals surface area contributed by atoms with Crippen molar-refractivity contribution in [2.45, 2.75) is 31.5 Å². The average molecular weight is 266 g/mol. The number of aliphatic hydroxyl groups is 3. The highest BCUT2D eigenvalue weighted by molar-refractivity contribution is 5.72. The SMILES string of the molecule is Cc1ncnc2c1ncn2[C@@H]1O[C@@H](CO)[C@H](O)[C@@H]1O. The molecule has 19 heavy (non-hydrogen) atoms. The summed E-state index contributed by atoms with van der Waals surface area (Å²) in [5.74, 6) is 0. The summed E-state index contributed by atoms with van der Waals surface area (Å²) in [5, 5.41) is 28.8. The highest BCUT2D eigenvalue weighted by Crippen LogP contribution is 2.31. The summed E-state index contributed by atoms with van der Waals surface area (Å²) in [7, 11) is 0. The highest BCUT2D eigenvalue weighted by atomic mass is 16.6. The predicted molar refractivity (Wildman–Crippen MR) is 63.1 cm³/mol. The molecule has 1 aliphatic heterocycles. The Morgan fingerprint density at radius 2 is 2.05 bits per heavy atom. The number of hydrogen-bond acceptors (Lipinski definition) is 7. The molecule has 3 N–H and O–H groups in total. The second kappa shape index (κ2) is 4.49. The fraction of sp³-hybridized carbons (Fsp3) is 0.545. The van der Waals surface area contributed by atoms with E-state index in [-0.39, 0.29) is 6.61 Å². The largest absolute Gasteiger partial charge is 0.394 e. The molecule has 0 aromatic carbocycles. The Labute approximate surface area is 108 Å². The molecule has 1 fully saturated rings. The number of aryl methyl sites for hydroxylation is 1. The van der Waals surface area contributed by atoms with Crippen LogP contribution in [0, 0.1) is 6.92 Å². The van der Waals surface area contributed by atoms with Gasteiger partial charge in [-0.1, -0.05) is 0 Å². The van der Waals surface area contributed by atoms with Gasteiger partial charge in [0.1, 0.15) is 30.2 Å². The highest BCUT2D eigenvalue weighted by Gasteiger charge is 2.43. The van der Waals surface area contributed by atoms with Crippen LogP contribution in [0.5, 0.6) is 0 Å². The van der Waals surface area contributed by atoms with Crippen LogP contribution in [0.3, 0.4) is 0 Å². The summed E-state index contributed by atoms with van der Waals surface area (Å²) in [4.78, 5) is 12.3. The molecule has 2 aromatic heterocycles. The van der Waals surface area contributed by atoms with Gasteiger partial charge >= 0.3 is 0 Å². The maximum Gasteiger partial charge on any atom is 0.165 e. The van der Waals surface area contributed by atoms with E-state index in [4.69, 9.17) is 9.84 Å². The molecular weight excluding hydrogens is 252 g/mol. The molecule has 0 spiro atoms. The van der Waals surface area contributed by atoms with Crippen LogP contribution in [0.1, 0.15) is 11.9 Å². The number of aliphatic hydroxyl groups excluding tert-OH is 3. The van der Waals surface area contributed by atoms with E-state index in [1.807, 2.05) is 0 Å². The van der Waals surface area contributed by atoms with Gasteiger partial charge in [0.25, 0.3) is 0 Å². The van der Waals surface area contributed by atoms with Gasteiger partial charge in [0.15, 0.2) is 11.9 Å². The molecule has 102 valence electrons. The van der Waals surface area contributed by atoms with Gasteiger partial charge in [-0.2, -0.15) is 0 Å². The first-order valence-electron chi connectivity index (χ1n) is 5.90. The molecule has 1 aliphatic rings. The lowest BCUT2D eigenvalue weighted by atomic mass is 10.1. The third-order valence-electron chi connectivity index (χ3n) is 3.33. The molecule has 0 radical (unpaired) electrons. The van der Waals surface area contributed by atoms with Gasteiger partial charge in [-0.3, -0.25) is 4.57 Å². The Kier molecular flexibility index (Phi) is 2.94.